The van der Waals surface area contributed by atoms with Crippen molar-refractivity contribution in [3.8, 4) is 0 Å². The third kappa shape index (κ3) is 3.09. The first-order valence-corrected chi connectivity index (χ1v) is 5.49. The van der Waals surface area contributed by atoms with Crippen LogP contribution >= 0.6 is 0 Å². The molecule has 1 aliphatic carbocycles. The van der Waals surface area contributed by atoms with Gasteiger partial charge < -0.3 is 10.8 Å². The predicted molar refractivity (Wildman–Crippen MR) is 54.9 cm³/mol. The van der Waals surface area contributed by atoms with Gasteiger partial charge in [-0.2, -0.15) is 13.2 Å². The van der Waals surface area contributed by atoms with E-state index in [1.54, 1.807) is 0 Å². The monoisotopic (exact) mass is 240 g/mol. The van der Waals surface area contributed by atoms with Crippen molar-refractivity contribution < 1.29 is 18.3 Å². The van der Waals surface area contributed by atoms with Gasteiger partial charge in [-0.05, 0) is 32.6 Å². The molecule has 0 spiro atoms. The second kappa shape index (κ2) is 4.89. The van der Waals surface area contributed by atoms with Gasteiger partial charge in [0.1, 0.15) is 5.54 Å². The van der Waals surface area contributed by atoms with Crippen LogP contribution in [0.3, 0.4) is 0 Å². The van der Waals surface area contributed by atoms with Crippen LogP contribution in [-0.4, -0.2) is 35.5 Å². The SMILES string of the molecule is CC(CO)(NC1CCC(N)CC1)C(F)(F)F. The quantitative estimate of drug-likeness (QED) is 0.693. The predicted octanol–water partition coefficient (Wildman–Crippen LogP) is 1.16. The maximum atomic E-state index is 12.7. The molecule has 6 heteroatoms. The lowest BCUT2D eigenvalue weighted by molar-refractivity contribution is -0.204. The number of aliphatic hydroxyl groups excluding tert-OH is 1. The topological polar surface area (TPSA) is 58.3 Å². The number of halogens is 3. The van der Waals surface area contributed by atoms with Gasteiger partial charge in [0.15, 0.2) is 0 Å². The van der Waals surface area contributed by atoms with Gasteiger partial charge in [0.2, 0.25) is 0 Å². The standard InChI is InChI=1S/C10H19F3N2O/c1-9(6-16,10(11,12)13)15-8-4-2-7(14)3-5-8/h7-8,15-16H,2-6,14H2,1H3. The molecular formula is C10H19F3N2O. The molecule has 1 fully saturated rings. The zero-order valence-corrected chi connectivity index (χ0v) is 9.35. The Morgan fingerprint density at radius 1 is 1.25 bits per heavy atom. The highest BCUT2D eigenvalue weighted by molar-refractivity contribution is 4.94. The van der Waals surface area contributed by atoms with Crippen molar-refractivity contribution in [2.24, 2.45) is 5.73 Å². The summed E-state index contributed by atoms with van der Waals surface area (Å²) in [5.74, 6) is 0. The Labute approximate surface area is 93.2 Å². The summed E-state index contributed by atoms with van der Waals surface area (Å²) in [6.07, 6.45) is -1.71. The Kier molecular flexibility index (Phi) is 4.20. The lowest BCUT2D eigenvalue weighted by Crippen LogP contribution is -2.61. The van der Waals surface area contributed by atoms with Gasteiger partial charge in [-0.1, -0.05) is 0 Å². The van der Waals surface area contributed by atoms with Gasteiger partial charge in [0.05, 0.1) is 6.61 Å². The van der Waals surface area contributed by atoms with Crippen LogP contribution in [0.1, 0.15) is 32.6 Å². The number of nitrogens with two attached hydrogens (primary N) is 1. The fraction of sp³-hybridized carbons (Fsp3) is 1.00. The van der Waals surface area contributed by atoms with Crippen LogP contribution < -0.4 is 11.1 Å². The van der Waals surface area contributed by atoms with E-state index in [1.165, 1.54) is 0 Å². The Balaban J connectivity index is 2.57. The van der Waals surface area contributed by atoms with Crippen molar-refractivity contribution in [3.05, 3.63) is 0 Å². The Morgan fingerprint density at radius 3 is 2.12 bits per heavy atom. The van der Waals surface area contributed by atoms with Crippen molar-refractivity contribution in [2.75, 3.05) is 6.61 Å². The van der Waals surface area contributed by atoms with E-state index in [2.05, 4.69) is 5.32 Å². The summed E-state index contributed by atoms with van der Waals surface area (Å²) in [5, 5.41) is 11.4. The number of aliphatic hydroxyl groups is 1. The van der Waals surface area contributed by atoms with Gasteiger partial charge in [0.25, 0.3) is 0 Å². The van der Waals surface area contributed by atoms with Crippen molar-refractivity contribution in [3.63, 3.8) is 0 Å². The lowest BCUT2D eigenvalue weighted by atomic mass is 9.89. The van der Waals surface area contributed by atoms with Crippen LogP contribution in [0.4, 0.5) is 13.2 Å². The molecular weight excluding hydrogens is 221 g/mol. The minimum Gasteiger partial charge on any atom is -0.394 e. The molecule has 0 aliphatic heterocycles. The summed E-state index contributed by atoms with van der Waals surface area (Å²) in [6, 6.07) is -0.108. The zero-order valence-electron chi connectivity index (χ0n) is 9.35. The lowest BCUT2D eigenvalue weighted by Gasteiger charge is -2.37. The van der Waals surface area contributed by atoms with Gasteiger partial charge >= 0.3 is 6.18 Å². The number of hydrogen-bond acceptors (Lipinski definition) is 3. The molecule has 0 amide bonds. The molecule has 1 unspecified atom stereocenters. The van der Waals surface area contributed by atoms with Crippen LogP contribution in [0.2, 0.25) is 0 Å². The Hall–Kier alpha value is -0.330. The second-order valence-corrected chi connectivity index (χ2v) is 4.74. The summed E-state index contributed by atoms with van der Waals surface area (Å²) in [5.41, 5.74) is 3.47. The molecule has 3 nitrogen and oxygen atoms in total. The minimum absolute atomic E-state index is 0.101. The van der Waals surface area contributed by atoms with Crippen LogP contribution in [0, 0.1) is 0 Å². The van der Waals surface area contributed by atoms with Crippen LogP contribution in [0.15, 0.2) is 0 Å². The molecule has 0 bridgehead atoms. The smallest absolute Gasteiger partial charge is 0.394 e. The zero-order chi connectivity index (χ0) is 12.4. The van der Waals surface area contributed by atoms with E-state index in [-0.39, 0.29) is 12.1 Å². The molecule has 0 radical (unpaired) electrons. The van der Waals surface area contributed by atoms with E-state index < -0.39 is 18.3 Å². The van der Waals surface area contributed by atoms with E-state index in [0.717, 1.165) is 19.8 Å². The molecule has 0 heterocycles. The molecule has 0 saturated heterocycles. The van der Waals surface area contributed by atoms with Gasteiger partial charge in [0, 0.05) is 12.1 Å². The summed E-state index contributed by atoms with van der Waals surface area (Å²) in [4.78, 5) is 0. The fourth-order valence-electron chi connectivity index (χ4n) is 1.93. The average molecular weight is 240 g/mol. The second-order valence-electron chi connectivity index (χ2n) is 4.74. The first kappa shape index (κ1) is 13.7. The Morgan fingerprint density at radius 2 is 1.75 bits per heavy atom. The van der Waals surface area contributed by atoms with Gasteiger partial charge in [-0.25, -0.2) is 0 Å². The average Bonchev–Trinajstić information content (AvgIpc) is 2.19. The van der Waals surface area contributed by atoms with E-state index in [9.17, 15) is 13.2 Å². The molecule has 0 aromatic heterocycles. The number of rotatable bonds is 3. The van der Waals surface area contributed by atoms with E-state index in [4.69, 9.17) is 10.8 Å². The molecule has 96 valence electrons. The van der Waals surface area contributed by atoms with Crippen molar-refractivity contribution >= 4 is 0 Å². The van der Waals surface area contributed by atoms with Crippen molar-refractivity contribution in [1.82, 2.24) is 5.32 Å². The molecule has 1 saturated carbocycles. The van der Waals surface area contributed by atoms with E-state index in [1.807, 2.05) is 0 Å². The molecule has 1 rings (SSSR count). The highest BCUT2D eigenvalue weighted by Gasteiger charge is 2.51. The van der Waals surface area contributed by atoms with E-state index >= 15 is 0 Å². The maximum Gasteiger partial charge on any atom is 0.408 e. The Bertz CT molecular complexity index is 227. The van der Waals surface area contributed by atoms with Crippen LogP contribution in [0.25, 0.3) is 0 Å². The third-order valence-electron chi connectivity index (χ3n) is 3.24. The van der Waals surface area contributed by atoms with Crippen LogP contribution in [0.5, 0.6) is 0 Å². The first-order chi connectivity index (χ1) is 7.28. The molecule has 1 aliphatic rings. The third-order valence-corrected chi connectivity index (χ3v) is 3.24. The van der Waals surface area contributed by atoms with Gasteiger partial charge in [-0.15, -0.1) is 0 Å². The number of alkyl halides is 3. The van der Waals surface area contributed by atoms with Crippen molar-refractivity contribution in [1.29, 1.82) is 0 Å². The number of nitrogens with one attached hydrogen (secondary N) is 1. The molecule has 0 aromatic rings. The summed E-state index contributed by atoms with van der Waals surface area (Å²) in [6.45, 7) is 0.0422. The largest absolute Gasteiger partial charge is 0.408 e. The maximum absolute atomic E-state index is 12.7. The summed E-state index contributed by atoms with van der Waals surface area (Å²) < 4.78 is 38.1. The highest BCUT2D eigenvalue weighted by atomic mass is 19.4. The fourth-order valence-corrected chi connectivity index (χ4v) is 1.93. The summed E-state index contributed by atoms with van der Waals surface area (Å²) >= 11 is 0. The summed E-state index contributed by atoms with van der Waals surface area (Å²) in [7, 11) is 0. The molecule has 1 atom stereocenters. The number of hydrogen-bond donors (Lipinski definition) is 3. The molecule has 16 heavy (non-hydrogen) atoms. The molecule has 0 aromatic carbocycles. The van der Waals surface area contributed by atoms with E-state index in [0.29, 0.717) is 12.8 Å². The molecule has 4 N–H and O–H groups in total. The highest BCUT2D eigenvalue weighted by Crippen LogP contribution is 2.31. The first-order valence-electron chi connectivity index (χ1n) is 5.49. The van der Waals surface area contributed by atoms with Gasteiger partial charge in [-0.3, -0.25) is 5.32 Å². The van der Waals surface area contributed by atoms with Crippen molar-refractivity contribution in [2.45, 2.75) is 56.4 Å². The normalized spacial score (nSPS) is 31.1. The minimum atomic E-state index is -4.44. The van der Waals surface area contributed by atoms with Crippen LogP contribution in [-0.2, 0) is 0 Å².